The van der Waals surface area contributed by atoms with Crippen LogP contribution in [0.2, 0.25) is 0 Å². The lowest BCUT2D eigenvalue weighted by molar-refractivity contribution is -0.146. The third-order valence-electron chi connectivity index (χ3n) is 7.07. The second kappa shape index (κ2) is 10.4. The van der Waals surface area contributed by atoms with Crippen LogP contribution in [-0.2, 0) is 14.4 Å². The summed E-state index contributed by atoms with van der Waals surface area (Å²) in [6, 6.07) is 15.1. The van der Waals surface area contributed by atoms with E-state index in [-0.39, 0.29) is 17.7 Å². The average molecular weight is 464 g/mol. The van der Waals surface area contributed by atoms with E-state index >= 15 is 0 Å². The summed E-state index contributed by atoms with van der Waals surface area (Å²) in [6.45, 7) is 5.56. The van der Waals surface area contributed by atoms with Crippen LogP contribution in [0.15, 0.2) is 48.5 Å². The lowest BCUT2D eigenvalue weighted by Crippen LogP contribution is -2.48. The molecule has 1 heterocycles. The molecule has 2 fully saturated rings. The van der Waals surface area contributed by atoms with Crippen LogP contribution in [0.4, 0.5) is 5.69 Å². The third kappa shape index (κ3) is 5.14. The number of aliphatic carboxylic acids is 1. The van der Waals surface area contributed by atoms with Gasteiger partial charge in [0.25, 0.3) is 0 Å². The first-order valence-electron chi connectivity index (χ1n) is 12.1. The zero-order valence-electron chi connectivity index (χ0n) is 19.7. The SMILES string of the molecule is CC(C)c1ccc(C(NC(=O)C2CCCC2C(=O)O)c2ccccc2NC(=O)C2CNC2)cc1. The van der Waals surface area contributed by atoms with E-state index in [4.69, 9.17) is 0 Å². The zero-order valence-corrected chi connectivity index (χ0v) is 19.7. The first kappa shape index (κ1) is 24.0. The molecule has 1 aliphatic carbocycles. The molecule has 2 aromatic rings. The molecule has 1 saturated carbocycles. The minimum absolute atomic E-state index is 0.0480. The Bertz CT molecular complexity index is 1050. The molecule has 7 nitrogen and oxygen atoms in total. The van der Waals surface area contributed by atoms with E-state index < -0.39 is 23.8 Å². The summed E-state index contributed by atoms with van der Waals surface area (Å²) in [6.07, 6.45) is 1.81. The van der Waals surface area contributed by atoms with Gasteiger partial charge in [0.1, 0.15) is 0 Å². The molecule has 2 amide bonds. The highest BCUT2D eigenvalue weighted by Crippen LogP contribution is 2.35. The van der Waals surface area contributed by atoms with Crippen LogP contribution < -0.4 is 16.0 Å². The number of anilines is 1. The van der Waals surface area contributed by atoms with Crippen molar-refractivity contribution in [3.8, 4) is 0 Å². The monoisotopic (exact) mass is 463 g/mol. The normalized spacial score (nSPS) is 21.0. The number of para-hydroxylation sites is 1. The van der Waals surface area contributed by atoms with Crippen LogP contribution in [0.3, 0.4) is 0 Å². The number of carboxylic acids is 1. The summed E-state index contributed by atoms with van der Waals surface area (Å²) >= 11 is 0. The molecule has 4 rings (SSSR count). The Hall–Kier alpha value is -3.19. The minimum atomic E-state index is -0.919. The maximum Gasteiger partial charge on any atom is 0.307 e. The Morgan fingerprint density at radius 2 is 1.56 bits per heavy atom. The van der Waals surface area contributed by atoms with Gasteiger partial charge in [0.15, 0.2) is 0 Å². The molecule has 3 unspecified atom stereocenters. The number of nitrogens with one attached hydrogen (secondary N) is 3. The Kier molecular flexibility index (Phi) is 7.32. The van der Waals surface area contributed by atoms with E-state index in [1.807, 2.05) is 36.4 Å². The molecule has 1 saturated heterocycles. The molecule has 1 aliphatic heterocycles. The summed E-state index contributed by atoms with van der Waals surface area (Å²) < 4.78 is 0. The van der Waals surface area contributed by atoms with Crippen LogP contribution in [0, 0.1) is 17.8 Å². The number of amides is 2. The molecule has 4 N–H and O–H groups in total. The quantitative estimate of drug-likeness (QED) is 0.478. The Labute approximate surface area is 200 Å². The molecule has 0 bridgehead atoms. The molecule has 2 aromatic carbocycles. The number of carboxylic acid groups (broad SMARTS) is 1. The smallest absolute Gasteiger partial charge is 0.307 e. The molecule has 3 atom stereocenters. The largest absolute Gasteiger partial charge is 0.481 e. The summed E-state index contributed by atoms with van der Waals surface area (Å²) in [5, 5.41) is 18.9. The first-order chi connectivity index (χ1) is 16.3. The van der Waals surface area contributed by atoms with Gasteiger partial charge in [-0.2, -0.15) is 0 Å². The van der Waals surface area contributed by atoms with Crippen molar-refractivity contribution in [2.24, 2.45) is 17.8 Å². The highest BCUT2D eigenvalue weighted by molar-refractivity contribution is 5.94. The van der Waals surface area contributed by atoms with Crippen LogP contribution in [0.1, 0.15) is 61.8 Å². The Balaban J connectivity index is 1.66. The molecule has 0 radical (unpaired) electrons. The van der Waals surface area contributed by atoms with Crippen molar-refractivity contribution in [1.82, 2.24) is 10.6 Å². The topological polar surface area (TPSA) is 108 Å². The number of rotatable bonds is 8. The van der Waals surface area contributed by atoms with Crippen molar-refractivity contribution in [3.05, 3.63) is 65.2 Å². The van der Waals surface area contributed by atoms with Crippen molar-refractivity contribution in [3.63, 3.8) is 0 Å². The van der Waals surface area contributed by atoms with E-state index in [0.29, 0.717) is 37.5 Å². The second-order valence-corrected chi connectivity index (χ2v) is 9.68. The van der Waals surface area contributed by atoms with Gasteiger partial charge in [-0.1, -0.05) is 62.7 Å². The van der Waals surface area contributed by atoms with E-state index in [0.717, 1.165) is 17.5 Å². The van der Waals surface area contributed by atoms with Gasteiger partial charge in [-0.05, 0) is 36.0 Å². The van der Waals surface area contributed by atoms with E-state index in [1.54, 1.807) is 0 Å². The average Bonchev–Trinajstić information content (AvgIpc) is 3.27. The Morgan fingerprint density at radius 1 is 0.912 bits per heavy atom. The summed E-state index contributed by atoms with van der Waals surface area (Å²) in [5.41, 5.74) is 3.50. The summed E-state index contributed by atoms with van der Waals surface area (Å²) in [4.78, 5) is 37.7. The van der Waals surface area contributed by atoms with Gasteiger partial charge < -0.3 is 21.1 Å². The fraction of sp³-hybridized carbons (Fsp3) is 0.444. The van der Waals surface area contributed by atoms with Gasteiger partial charge in [0, 0.05) is 24.3 Å². The number of hydrogen-bond donors (Lipinski definition) is 4. The molecule has 7 heteroatoms. The van der Waals surface area contributed by atoms with E-state index in [2.05, 4.69) is 41.9 Å². The highest BCUT2D eigenvalue weighted by Gasteiger charge is 2.39. The van der Waals surface area contributed by atoms with Crippen molar-refractivity contribution >= 4 is 23.5 Å². The van der Waals surface area contributed by atoms with Gasteiger partial charge >= 0.3 is 5.97 Å². The Morgan fingerprint density at radius 3 is 2.18 bits per heavy atom. The van der Waals surface area contributed by atoms with Crippen LogP contribution in [0.5, 0.6) is 0 Å². The second-order valence-electron chi connectivity index (χ2n) is 9.68. The lowest BCUT2D eigenvalue weighted by Gasteiger charge is -2.28. The molecule has 0 spiro atoms. The molecule has 0 aromatic heterocycles. The molecule has 34 heavy (non-hydrogen) atoms. The molecule has 2 aliphatic rings. The van der Waals surface area contributed by atoms with Gasteiger partial charge in [0.2, 0.25) is 11.8 Å². The van der Waals surface area contributed by atoms with Gasteiger partial charge in [-0.25, -0.2) is 0 Å². The summed E-state index contributed by atoms with van der Waals surface area (Å²) in [7, 11) is 0. The number of carbonyl (C=O) groups excluding carboxylic acids is 2. The number of hydrogen-bond acceptors (Lipinski definition) is 4. The predicted molar refractivity (Wildman–Crippen MR) is 130 cm³/mol. The standard InChI is InChI=1S/C27H33N3O4/c1-16(2)17-10-12-18(13-11-17)24(30-26(32)20-7-5-8-21(20)27(33)34)22-6-3-4-9-23(22)29-25(31)19-14-28-15-19/h3-4,6,9-13,16,19-21,24,28H,5,7-8,14-15H2,1-2H3,(H,29,31)(H,30,32)(H,33,34). The molecule has 180 valence electrons. The van der Waals surface area contributed by atoms with E-state index in [9.17, 15) is 19.5 Å². The fourth-order valence-electron chi connectivity index (χ4n) is 4.80. The summed E-state index contributed by atoms with van der Waals surface area (Å²) in [5.74, 6) is -2.14. The van der Waals surface area contributed by atoms with E-state index in [1.165, 1.54) is 5.56 Å². The van der Waals surface area contributed by atoms with Gasteiger partial charge in [-0.15, -0.1) is 0 Å². The first-order valence-corrected chi connectivity index (χ1v) is 12.1. The third-order valence-corrected chi connectivity index (χ3v) is 7.07. The fourth-order valence-corrected chi connectivity index (χ4v) is 4.80. The lowest BCUT2D eigenvalue weighted by atomic mass is 9.91. The zero-order chi connectivity index (χ0) is 24.2. The van der Waals surface area contributed by atoms with Crippen molar-refractivity contribution < 1.29 is 19.5 Å². The van der Waals surface area contributed by atoms with Crippen LogP contribution >= 0.6 is 0 Å². The van der Waals surface area contributed by atoms with Gasteiger partial charge in [0.05, 0.1) is 23.8 Å². The maximum absolute atomic E-state index is 13.3. The highest BCUT2D eigenvalue weighted by atomic mass is 16.4. The van der Waals surface area contributed by atoms with Crippen LogP contribution in [0.25, 0.3) is 0 Å². The van der Waals surface area contributed by atoms with Crippen LogP contribution in [-0.4, -0.2) is 36.0 Å². The minimum Gasteiger partial charge on any atom is -0.481 e. The van der Waals surface area contributed by atoms with Crippen molar-refractivity contribution in [2.45, 2.75) is 45.1 Å². The van der Waals surface area contributed by atoms with Crippen molar-refractivity contribution in [1.29, 1.82) is 0 Å². The van der Waals surface area contributed by atoms with Gasteiger partial charge in [-0.3, -0.25) is 14.4 Å². The predicted octanol–water partition coefficient (Wildman–Crippen LogP) is 3.67. The number of benzene rings is 2. The maximum atomic E-state index is 13.3. The van der Waals surface area contributed by atoms with Crippen molar-refractivity contribution in [2.75, 3.05) is 18.4 Å². The number of carbonyl (C=O) groups is 3. The molecular weight excluding hydrogens is 430 g/mol. The molecular formula is C27H33N3O4.